The first-order valence-corrected chi connectivity index (χ1v) is 6.22. The Labute approximate surface area is 108 Å². The van der Waals surface area contributed by atoms with Crippen molar-refractivity contribution in [3.63, 3.8) is 0 Å². The first kappa shape index (κ1) is 14.3. The lowest BCUT2D eigenvalue weighted by Gasteiger charge is -2.06. The van der Waals surface area contributed by atoms with Crippen molar-refractivity contribution in [2.75, 3.05) is 6.61 Å². The summed E-state index contributed by atoms with van der Waals surface area (Å²) in [6, 6.07) is 7.72. The Bertz CT molecular complexity index is 443. The van der Waals surface area contributed by atoms with Crippen LogP contribution in [0.2, 0.25) is 0 Å². The summed E-state index contributed by atoms with van der Waals surface area (Å²) in [7, 11) is 0. The molecule has 0 aliphatic heterocycles. The molecule has 0 aliphatic carbocycles. The van der Waals surface area contributed by atoms with E-state index in [4.69, 9.17) is 5.11 Å². The molecule has 1 amide bonds. The van der Waals surface area contributed by atoms with Gasteiger partial charge >= 0.3 is 0 Å². The van der Waals surface area contributed by atoms with Crippen LogP contribution in [0.5, 0.6) is 0 Å². The number of hydrogen-bond donors (Lipinski definition) is 2. The molecule has 0 spiro atoms. The predicted molar refractivity (Wildman–Crippen MR) is 71.8 cm³/mol. The minimum Gasteiger partial charge on any atom is -0.395 e. The average Bonchev–Trinajstić information content (AvgIpc) is 2.38. The number of carbonyl (C=O) groups is 1. The maximum atomic E-state index is 11.4. The first-order valence-electron chi connectivity index (χ1n) is 6.22. The molecule has 0 heterocycles. The average molecular weight is 245 g/mol. The van der Waals surface area contributed by atoms with E-state index in [-0.39, 0.29) is 12.5 Å². The van der Waals surface area contributed by atoms with Crippen molar-refractivity contribution in [3.05, 3.63) is 35.4 Å². The Balaban J connectivity index is 2.65. The molecule has 1 aromatic rings. The lowest BCUT2D eigenvalue weighted by Crippen LogP contribution is -2.22. The zero-order valence-electron chi connectivity index (χ0n) is 10.7. The van der Waals surface area contributed by atoms with E-state index in [0.29, 0.717) is 19.4 Å². The Hall–Kier alpha value is -1.79. The van der Waals surface area contributed by atoms with Gasteiger partial charge in [-0.3, -0.25) is 4.79 Å². The molecule has 0 aromatic heterocycles. The van der Waals surface area contributed by atoms with Gasteiger partial charge < -0.3 is 10.4 Å². The van der Waals surface area contributed by atoms with Crippen molar-refractivity contribution in [2.24, 2.45) is 0 Å². The molecule has 0 atom stereocenters. The second-order valence-corrected chi connectivity index (χ2v) is 3.96. The number of benzene rings is 1. The van der Waals surface area contributed by atoms with Crippen LogP contribution in [0.3, 0.4) is 0 Å². The Morgan fingerprint density at radius 2 is 2.17 bits per heavy atom. The number of nitrogens with one attached hydrogen (secondary N) is 1. The molecule has 2 N–H and O–H groups in total. The Kier molecular flexibility index (Phi) is 6.60. The van der Waals surface area contributed by atoms with E-state index >= 15 is 0 Å². The maximum Gasteiger partial charge on any atom is 0.220 e. The van der Waals surface area contributed by atoms with Gasteiger partial charge in [0.05, 0.1) is 6.61 Å². The van der Waals surface area contributed by atoms with Gasteiger partial charge in [0.15, 0.2) is 0 Å². The molecule has 96 valence electrons. The fourth-order valence-electron chi connectivity index (χ4n) is 1.52. The van der Waals surface area contributed by atoms with Gasteiger partial charge in [-0.05, 0) is 18.1 Å². The molecule has 0 bridgehead atoms. The molecule has 0 saturated heterocycles. The minimum absolute atomic E-state index is 0.0654. The molecule has 0 fully saturated rings. The summed E-state index contributed by atoms with van der Waals surface area (Å²) in [5.74, 6) is 5.97. The van der Waals surface area contributed by atoms with Crippen molar-refractivity contribution in [1.82, 2.24) is 5.32 Å². The van der Waals surface area contributed by atoms with E-state index in [2.05, 4.69) is 17.2 Å². The van der Waals surface area contributed by atoms with Crippen LogP contribution >= 0.6 is 0 Å². The number of aliphatic hydroxyl groups excluding tert-OH is 1. The first-order chi connectivity index (χ1) is 8.77. The molecular weight excluding hydrogens is 226 g/mol. The fourth-order valence-corrected chi connectivity index (χ4v) is 1.52. The number of hydrogen-bond acceptors (Lipinski definition) is 2. The van der Waals surface area contributed by atoms with E-state index in [9.17, 15) is 4.79 Å². The van der Waals surface area contributed by atoms with Gasteiger partial charge in [0, 0.05) is 24.9 Å². The SMILES string of the molecule is CCCC(=O)NCc1ccccc1C#CCCO. The van der Waals surface area contributed by atoms with E-state index in [1.807, 2.05) is 31.2 Å². The number of amides is 1. The van der Waals surface area contributed by atoms with Crippen molar-refractivity contribution in [3.8, 4) is 11.8 Å². The molecule has 0 radical (unpaired) electrons. The molecule has 1 aromatic carbocycles. The Morgan fingerprint density at radius 1 is 1.39 bits per heavy atom. The van der Waals surface area contributed by atoms with E-state index in [0.717, 1.165) is 17.5 Å². The van der Waals surface area contributed by atoms with Gasteiger partial charge in [-0.1, -0.05) is 37.0 Å². The molecule has 3 nitrogen and oxygen atoms in total. The summed E-state index contributed by atoms with van der Waals surface area (Å²) >= 11 is 0. The highest BCUT2D eigenvalue weighted by Crippen LogP contribution is 2.07. The number of rotatable bonds is 5. The second kappa shape index (κ2) is 8.32. The third-order valence-corrected chi connectivity index (χ3v) is 2.43. The van der Waals surface area contributed by atoms with Gasteiger partial charge in [0.1, 0.15) is 0 Å². The van der Waals surface area contributed by atoms with Crippen molar-refractivity contribution in [2.45, 2.75) is 32.7 Å². The molecule has 0 aliphatic rings. The van der Waals surface area contributed by atoms with Crippen molar-refractivity contribution < 1.29 is 9.90 Å². The zero-order valence-corrected chi connectivity index (χ0v) is 10.7. The summed E-state index contributed by atoms with van der Waals surface area (Å²) < 4.78 is 0. The van der Waals surface area contributed by atoms with Gasteiger partial charge in [-0.2, -0.15) is 0 Å². The highest BCUT2D eigenvalue weighted by Gasteiger charge is 2.02. The van der Waals surface area contributed by atoms with Crippen LogP contribution in [-0.2, 0) is 11.3 Å². The highest BCUT2D eigenvalue weighted by atomic mass is 16.2. The third kappa shape index (κ3) is 5.03. The standard InChI is InChI=1S/C15H19NO2/c1-2-7-15(18)16-12-14-10-4-3-8-13(14)9-5-6-11-17/h3-4,8,10,17H,2,6-7,11-12H2,1H3,(H,16,18). The van der Waals surface area contributed by atoms with Crippen LogP contribution in [0.1, 0.15) is 37.3 Å². The molecule has 1 rings (SSSR count). The van der Waals surface area contributed by atoms with E-state index in [1.54, 1.807) is 0 Å². The molecule has 0 saturated carbocycles. The normalized spacial score (nSPS) is 9.44. The van der Waals surface area contributed by atoms with Gasteiger partial charge in [-0.15, -0.1) is 0 Å². The summed E-state index contributed by atoms with van der Waals surface area (Å²) in [6.45, 7) is 2.55. The lowest BCUT2D eigenvalue weighted by atomic mass is 10.1. The van der Waals surface area contributed by atoms with Gasteiger partial charge in [-0.25, -0.2) is 0 Å². The van der Waals surface area contributed by atoms with Crippen molar-refractivity contribution in [1.29, 1.82) is 0 Å². The van der Waals surface area contributed by atoms with Crippen LogP contribution in [0.25, 0.3) is 0 Å². The van der Waals surface area contributed by atoms with Crippen LogP contribution < -0.4 is 5.32 Å². The zero-order chi connectivity index (χ0) is 13.2. The quantitative estimate of drug-likeness (QED) is 0.778. The number of aliphatic hydroxyl groups is 1. The van der Waals surface area contributed by atoms with Crippen LogP contribution in [0.15, 0.2) is 24.3 Å². The van der Waals surface area contributed by atoms with Crippen LogP contribution in [0, 0.1) is 11.8 Å². The summed E-state index contributed by atoms with van der Waals surface area (Å²) in [4.78, 5) is 11.4. The monoisotopic (exact) mass is 245 g/mol. The molecule has 3 heteroatoms. The topological polar surface area (TPSA) is 49.3 Å². The largest absolute Gasteiger partial charge is 0.395 e. The minimum atomic E-state index is 0.0654. The summed E-state index contributed by atoms with van der Waals surface area (Å²) in [5, 5.41) is 11.6. The summed E-state index contributed by atoms with van der Waals surface area (Å²) in [6.07, 6.45) is 1.87. The summed E-state index contributed by atoms with van der Waals surface area (Å²) in [5.41, 5.74) is 1.91. The highest BCUT2D eigenvalue weighted by molar-refractivity contribution is 5.75. The molecule has 18 heavy (non-hydrogen) atoms. The van der Waals surface area contributed by atoms with E-state index < -0.39 is 0 Å². The third-order valence-electron chi connectivity index (χ3n) is 2.43. The molecule has 0 unspecified atom stereocenters. The van der Waals surface area contributed by atoms with E-state index in [1.165, 1.54) is 0 Å². The van der Waals surface area contributed by atoms with Crippen LogP contribution in [0.4, 0.5) is 0 Å². The molecular formula is C15H19NO2. The van der Waals surface area contributed by atoms with Gasteiger partial charge in [0.25, 0.3) is 0 Å². The van der Waals surface area contributed by atoms with Crippen LogP contribution in [-0.4, -0.2) is 17.6 Å². The van der Waals surface area contributed by atoms with Gasteiger partial charge in [0.2, 0.25) is 5.91 Å². The maximum absolute atomic E-state index is 11.4. The van der Waals surface area contributed by atoms with Crippen molar-refractivity contribution >= 4 is 5.91 Å². The second-order valence-electron chi connectivity index (χ2n) is 3.96. The Morgan fingerprint density at radius 3 is 2.89 bits per heavy atom. The fraction of sp³-hybridized carbons (Fsp3) is 0.400. The lowest BCUT2D eigenvalue weighted by molar-refractivity contribution is -0.121. The smallest absolute Gasteiger partial charge is 0.220 e. The predicted octanol–water partition coefficient (Wildman–Crippen LogP) is 1.84. The number of carbonyl (C=O) groups excluding carboxylic acids is 1.